The van der Waals surface area contributed by atoms with Crippen molar-refractivity contribution in [2.75, 3.05) is 9.96 Å². The summed E-state index contributed by atoms with van der Waals surface area (Å²) in [7, 11) is 0. The molecule has 0 bridgehead atoms. The van der Waals surface area contributed by atoms with Crippen LogP contribution in [0.5, 0.6) is 0 Å². The van der Waals surface area contributed by atoms with Crippen LogP contribution in [0.25, 0.3) is 0 Å². The van der Waals surface area contributed by atoms with Crippen molar-refractivity contribution < 1.29 is 14.4 Å². The number of hydrogen-bond donors (Lipinski definition) is 0. The topological polar surface area (TPSA) is 49.9 Å². The highest BCUT2D eigenvalue weighted by Crippen LogP contribution is 2.48. The number of para-hydroxylation sites is 1. The van der Waals surface area contributed by atoms with Crippen molar-refractivity contribution in [2.45, 2.75) is 26.0 Å². The van der Waals surface area contributed by atoms with Gasteiger partial charge >= 0.3 is 0 Å². The van der Waals surface area contributed by atoms with Gasteiger partial charge < -0.3 is 0 Å². The second kappa shape index (κ2) is 7.11. The number of hydrogen-bond acceptors (Lipinski definition) is 4. The minimum absolute atomic E-state index is 0.222. The molecule has 5 nitrogen and oxygen atoms in total. The Labute approximate surface area is 175 Å². The normalized spacial score (nSPS) is 23.2. The zero-order valence-electron chi connectivity index (χ0n) is 16.9. The van der Waals surface area contributed by atoms with Crippen LogP contribution in [0.3, 0.4) is 0 Å². The summed E-state index contributed by atoms with van der Waals surface area (Å²) in [5, 5.41) is 1.74. The van der Waals surface area contributed by atoms with Crippen LogP contribution in [0, 0.1) is 19.8 Å². The summed E-state index contributed by atoms with van der Waals surface area (Å²) in [6.07, 6.45) is -0.844. The fourth-order valence-corrected chi connectivity index (χ4v) is 4.40. The number of anilines is 2. The van der Waals surface area contributed by atoms with Gasteiger partial charge in [0, 0.05) is 0 Å². The minimum atomic E-state index is -0.844. The summed E-state index contributed by atoms with van der Waals surface area (Å²) in [6, 6.07) is 24.6. The lowest BCUT2D eigenvalue weighted by Gasteiger charge is -2.29. The van der Waals surface area contributed by atoms with Crippen LogP contribution in [0.4, 0.5) is 11.4 Å². The fourth-order valence-electron chi connectivity index (χ4n) is 4.40. The number of rotatable bonds is 3. The number of carbonyl (C=O) groups excluding carboxylic acids is 2. The first-order chi connectivity index (χ1) is 14.6. The minimum Gasteiger partial charge on any atom is -0.273 e. The van der Waals surface area contributed by atoms with Crippen molar-refractivity contribution in [3.63, 3.8) is 0 Å². The first-order valence-corrected chi connectivity index (χ1v) is 10.1. The van der Waals surface area contributed by atoms with E-state index >= 15 is 0 Å². The van der Waals surface area contributed by atoms with Crippen molar-refractivity contribution in [1.82, 2.24) is 0 Å². The molecule has 2 amide bonds. The third kappa shape index (κ3) is 2.82. The van der Waals surface area contributed by atoms with E-state index in [-0.39, 0.29) is 17.9 Å². The fraction of sp³-hybridized carbons (Fsp3) is 0.200. The average molecular weight is 398 g/mol. The SMILES string of the molecule is Cc1ccc(N2C(=O)[C@H]3[C@H](ON(c4ccccc4)[C@H]3c3ccccc3C)C2=O)cc1. The molecule has 30 heavy (non-hydrogen) atoms. The number of carbonyl (C=O) groups is 2. The standard InChI is InChI=1S/C25H22N2O3/c1-16-12-14-18(15-13-16)26-24(28)21-22(20-11-7-6-8-17(20)2)27(30-23(21)25(26)29)19-9-4-3-5-10-19/h3-15,21-23H,1-2H3/t21-,22+,23+/m1/s1. The Morgan fingerprint density at radius 2 is 1.40 bits per heavy atom. The van der Waals surface area contributed by atoms with Gasteiger partial charge in [-0.05, 0) is 49.2 Å². The Kier molecular flexibility index (Phi) is 4.40. The van der Waals surface area contributed by atoms with E-state index in [0.29, 0.717) is 5.69 Å². The first kappa shape index (κ1) is 18.6. The lowest BCUT2D eigenvalue weighted by atomic mass is 9.88. The molecule has 0 saturated carbocycles. The van der Waals surface area contributed by atoms with Gasteiger partial charge in [-0.15, -0.1) is 0 Å². The van der Waals surface area contributed by atoms with Crippen LogP contribution in [-0.2, 0) is 14.4 Å². The first-order valence-electron chi connectivity index (χ1n) is 10.1. The lowest BCUT2D eigenvalue weighted by molar-refractivity contribution is -0.126. The number of nitrogens with zero attached hydrogens (tertiary/aromatic N) is 2. The number of amides is 2. The molecule has 2 fully saturated rings. The van der Waals surface area contributed by atoms with E-state index in [4.69, 9.17) is 4.84 Å². The number of hydroxylamine groups is 1. The molecule has 150 valence electrons. The molecule has 0 N–H and O–H groups in total. The van der Waals surface area contributed by atoms with Crippen LogP contribution < -0.4 is 9.96 Å². The molecular formula is C25H22N2O3. The van der Waals surface area contributed by atoms with Crippen molar-refractivity contribution in [2.24, 2.45) is 5.92 Å². The van der Waals surface area contributed by atoms with E-state index in [9.17, 15) is 9.59 Å². The molecule has 0 radical (unpaired) electrons. The Morgan fingerprint density at radius 3 is 2.10 bits per heavy atom. The van der Waals surface area contributed by atoms with Gasteiger partial charge in [-0.2, -0.15) is 0 Å². The summed E-state index contributed by atoms with van der Waals surface area (Å²) in [5.41, 5.74) is 4.52. The second-order valence-electron chi connectivity index (χ2n) is 7.86. The summed E-state index contributed by atoms with van der Waals surface area (Å²) in [4.78, 5) is 34.3. The summed E-state index contributed by atoms with van der Waals surface area (Å²) < 4.78 is 0. The molecule has 0 unspecified atom stereocenters. The van der Waals surface area contributed by atoms with Crippen molar-refractivity contribution in [1.29, 1.82) is 0 Å². The number of fused-ring (bicyclic) bond motifs is 1. The third-order valence-corrected chi connectivity index (χ3v) is 5.93. The van der Waals surface area contributed by atoms with Gasteiger partial charge in [-0.1, -0.05) is 60.2 Å². The van der Waals surface area contributed by atoms with Crippen LogP contribution in [-0.4, -0.2) is 17.9 Å². The van der Waals surface area contributed by atoms with Crippen molar-refractivity contribution in [3.8, 4) is 0 Å². The van der Waals surface area contributed by atoms with Crippen LogP contribution in [0.2, 0.25) is 0 Å². The quantitative estimate of drug-likeness (QED) is 0.616. The molecular weight excluding hydrogens is 376 g/mol. The zero-order valence-corrected chi connectivity index (χ0v) is 16.9. The van der Waals surface area contributed by atoms with E-state index < -0.39 is 12.0 Å². The molecule has 2 aliphatic heterocycles. The van der Waals surface area contributed by atoms with Crippen LogP contribution >= 0.6 is 0 Å². The smallest absolute Gasteiger partial charge is 0.266 e. The van der Waals surface area contributed by atoms with Gasteiger partial charge in [-0.25, -0.2) is 9.96 Å². The summed E-state index contributed by atoms with van der Waals surface area (Å²) in [5.74, 6) is -1.15. The van der Waals surface area contributed by atoms with Gasteiger partial charge in [-0.3, -0.25) is 14.4 Å². The highest BCUT2D eigenvalue weighted by atomic mass is 16.7. The zero-order chi connectivity index (χ0) is 20.8. The van der Waals surface area contributed by atoms with E-state index in [1.165, 1.54) is 4.90 Å². The molecule has 3 aromatic rings. The van der Waals surface area contributed by atoms with Crippen LogP contribution in [0.15, 0.2) is 78.9 Å². The Hall–Kier alpha value is -3.44. The van der Waals surface area contributed by atoms with E-state index in [0.717, 1.165) is 22.4 Å². The predicted octanol–water partition coefficient (Wildman–Crippen LogP) is 4.35. The maximum atomic E-state index is 13.6. The van der Waals surface area contributed by atoms with Gasteiger partial charge in [0.2, 0.25) is 5.91 Å². The number of benzene rings is 3. The van der Waals surface area contributed by atoms with Gasteiger partial charge in [0.15, 0.2) is 6.10 Å². The number of aryl methyl sites for hydroxylation is 2. The monoisotopic (exact) mass is 398 g/mol. The highest BCUT2D eigenvalue weighted by Gasteiger charge is 2.60. The lowest BCUT2D eigenvalue weighted by Crippen LogP contribution is -2.37. The molecule has 0 aliphatic carbocycles. The van der Waals surface area contributed by atoms with Crippen molar-refractivity contribution >= 4 is 23.2 Å². The Morgan fingerprint density at radius 1 is 0.733 bits per heavy atom. The Bertz CT molecular complexity index is 1110. The van der Waals surface area contributed by atoms with Gasteiger partial charge in [0.05, 0.1) is 17.4 Å². The predicted molar refractivity (Wildman–Crippen MR) is 115 cm³/mol. The second-order valence-corrected chi connectivity index (χ2v) is 7.86. The number of imide groups is 1. The summed E-state index contributed by atoms with van der Waals surface area (Å²) >= 11 is 0. The van der Waals surface area contributed by atoms with Crippen molar-refractivity contribution in [3.05, 3.63) is 95.6 Å². The maximum absolute atomic E-state index is 13.6. The van der Waals surface area contributed by atoms with Crippen LogP contribution in [0.1, 0.15) is 22.7 Å². The van der Waals surface area contributed by atoms with E-state index in [2.05, 4.69) is 0 Å². The Balaban J connectivity index is 1.60. The maximum Gasteiger partial charge on any atom is 0.266 e. The molecule has 2 heterocycles. The van der Waals surface area contributed by atoms with E-state index in [1.54, 1.807) is 5.06 Å². The molecule has 2 aliphatic rings. The third-order valence-electron chi connectivity index (χ3n) is 5.93. The average Bonchev–Trinajstić information content (AvgIpc) is 3.26. The highest BCUT2D eigenvalue weighted by molar-refractivity contribution is 6.23. The molecule has 0 aromatic heterocycles. The summed E-state index contributed by atoms with van der Waals surface area (Å²) in [6.45, 7) is 3.99. The van der Waals surface area contributed by atoms with Gasteiger partial charge in [0.1, 0.15) is 5.92 Å². The molecule has 3 aromatic carbocycles. The van der Waals surface area contributed by atoms with Gasteiger partial charge in [0.25, 0.3) is 5.91 Å². The molecule has 3 atom stereocenters. The molecule has 2 saturated heterocycles. The molecule has 5 rings (SSSR count). The largest absolute Gasteiger partial charge is 0.273 e. The van der Waals surface area contributed by atoms with E-state index in [1.807, 2.05) is 92.7 Å². The molecule has 0 spiro atoms. The molecule has 5 heteroatoms.